The van der Waals surface area contributed by atoms with E-state index in [4.69, 9.17) is 24.1 Å². The molecule has 5 nitrogen and oxygen atoms in total. The van der Waals surface area contributed by atoms with Crippen molar-refractivity contribution in [2.45, 2.75) is 6.61 Å². The van der Waals surface area contributed by atoms with Gasteiger partial charge in [-0.2, -0.15) is 0 Å². The highest BCUT2D eigenvalue weighted by Gasteiger charge is 1.95. The molecule has 0 aliphatic carbocycles. The number of aliphatic hydroxyl groups is 1. The fourth-order valence-electron chi connectivity index (χ4n) is 1.42. The van der Waals surface area contributed by atoms with Crippen molar-refractivity contribution in [3.8, 4) is 5.75 Å². The minimum atomic E-state index is 0.0466. The van der Waals surface area contributed by atoms with Crippen LogP contribution in [0.25, 0.3) is 0 Å². The molecule has 0 radical (unpaired) electrons. The molecule has 0 aliphatic heterocycles. The highest BCUT2D eigenvalue weighted by molar-refractivity contribution is 5.26. The molecule has 0 amide bonds. The van der Waals surface area contributed by atoms with Crippen LogP contribution in [0.5, 0.6) is 5.75 Å². The summed E-state index contributed by atoms with van der Waals surface area (Å²) in [4.78, 5) is 0. The third-order valence-corrected chi connectivity index (χ3v) is 2.41. The predicted molar refractivity (Wildman–Crippen MR) is 71.4 cm³/mol. The fourth-order valence-corrected chi connectivity index (χ4v) is 1.42. The molecule has 0 heterocycles. The first-order valence-electron chi connectivity index (χ1n) is 6.34. The Bertz CT molecular complexity index is 312. The van der Waals surface area contributed by atoms with Gasteiger partial charge in [-0.3, -0.25) is 0 Å². The van der Waals surface area contributed by atoms with Crippen molar-refractivity contribution in [2.75, 3.05) is 46.8 Å². The zero-order valence-electron chi connectivity index (χ0n) is 11.3. The lowest BCUT2D eigenvalue weighted by Gasteiger charge is -2.07. The van der Waals surface area contributed by atoms with E-state index in [0.29, 0.717) is 39.6 Å². The predicted octanol–water partition coefficient (Wildman–Crippen LogP) is 1.24. The molecule has 1 N–H and O–H groups in total. The molecular weight excluding hydrogens is 248 g/mol. The summed E-state index contributed by atoms with van der Waals surface area (Å²) < 4.78 is 20.9. The first kappa shape index (κ1) is 15.9. The third-order valence-electron chi connectivity index (χ3n) is 2.41. The monoisotopic (exact) mass is 270 g/mol. The standard InChI is InChI=1S/C14H22O5/c1-16-14-4-2-13(3-5-14)12-19-11-10-18-9-8-17-7-6-15/h2-5,15H,6-12H2,1H3. The van der Waals surface area contributed by atoms with Gasteiger partial charge in [-0.1, -0.05) is 12.1 Å². The van der Waals surface area contributed by atoms with E-state index in [1.54, 1.807) is 7.11 Å². The number of aliphatic hydroxyl groups excluding tert-OH is 1. The molecule has 0 atom stereocenters. The van der Waals surface area contributed by atoms with Gasteiger partial charge in [0.25, 0.3) is 0 Å². The Balaban J connectivity index is 1.95. The second-order valence-corrected chi connectivity index (χ2v) is 3.85. The maximum absolute atomic E-state index is 8.49. The Morgan fingerprint density at radius 3 is 2.00 bits per heavy atom. The van der Waals surface area contributed by atoms with Crippen molar-refractivity contribution in [3.05, 3.63) is 29.8 Å². The van der Waals surface area contributed by atoms with Crippen LogP contribution in [0.3, 0.4) is 0 Å². The summed E-state index contributed by atoms with van der Waals surface area (Å²) in [5.41, 5.74) is 1.10. The topological polar surface area (TPSA) is 57.2 Å². The van der Waals surface area contributed by atoms with Crippen LogP contribution in [0.15, 0.2) is 24.3 Å². The summed E-state index contributed by atoms with van der Waals surface area (Å²) in [6, 6.07) is 7.77. The molecule has 0 unspecified atom stereocenters. The van der Waals surface area contributed by atoms with Gasteiger partial charge >= 0.3 is 0 Å². The number of hydrogen-bond donors (Lipinski definition) is 1. The smallest absolute Gasteiger partial charge is 0.118 e. The molecule has 0 bridgehead atoms. The number of benzene rings is 1. The number of methoxy groups -OCH3 is 1. The van der Waals surface area contributed by atoms with E-state index in [0.717, 1.165) is 11.3 Å². The Morgan fingerprint density at radius 1 is 0.842 bits per heavy atom. The first-order chi connectivity index (χ1) is 9.36. The summed E-state index contributed by atoms with van der Waals surface area (Å²) in [6.07, 6.45) is 0. The normalized spacial score (nSPS) is 10.6. The van der Waals surface area contributed by atoms with Gasteiger partial charge < -0.3 is 24.1 Å². The number of hydrogen-bond acceptors (Lipinski definition) is 5. The quantitative estimate of drug-likeness (QED) is 0.613. The van der Waals surface area contributed by atoms with E-state index >= 15 is 0 Å². The van der Waals surface area contributed by atoms with Crippen LogP contribution in [0.4, 0.5) is 0 Å². The Labute approximate surface area is 114 Å². The van der Waals surface area contributed by atoms with Crippen LogP contribution in [-0.2, 0) is 20.8 Å². The lowest BCUT2D eigenvalue weighted by atomic mass is 10.2. The third kappa shape index (κ3) is 7.79. The van der Waals surface area contributed by atoms with E-state index in [1.807, 2.05) is 24.3 Å². The first-order valence-corrected chi connectivity index (χ1v) is 6.34. The molecule has 0 saturated heterocycles. The molecule has 1 rings (SSSR count). The summed E-state index contributed by atoms with van der Waals surface area (Å²) in [5.74, 6) is 0.843. The zero-order valence-corrected chi connectivity index (χ0v) is 11.3. The van der Waals surface area contributed by atoms with Crippen LogP contribution >= 0.6 is 0 Å². The van der Waals surface area contributed by atoms with Crippen molar-refractivity contribution in [1.29, 1.82) is 0 Å². The summed E-state index contributed by atoms with van der Waals surface area (Å²) in [5, 5.41) is 8.49. The van der Waals surface area contributed by atoms with Crippen LogP contribution in [0.1, 0.15) is 5.56 Å². The summed E-state index contributed by atoms with van der Waals surface area (Å²) in [7, 11) is 1.65. The van der Waals surface area contributed by atoms with E-state index in [-0.39, 0.29) is 6.61 Å². The molecule has 5 heteroatoms. The second kappa shape index (κ2) is 10.8. The minimum absolute atomic E-state index is 0.0466. The molecule has 0 aliphatic rings. The van der Waals surface area contributed by atoms with E-state index < -0.39 is 0 Å². The second-order valence-electron chi connectivity index (χ2n) is 3.85. The molecule has 1 aromatic carbocycles. The lowest BCUT2D eigenvalue weighted by molar-refractivity contribution is 0.00450. The van der Waals surface area contributed by atoms with Crippen LogP contribution < -0.4 is 4.74 Å². The largest absolute Gasteiger partial charge is 0.497 e. The average Bonchev–Trinajstić information content (AvgIpc) is 2.46. The average molecular weight is 270 g/mol. The van der Waals surface area contributed by atoms with Gasteiger partial charge in [0.15, 0.2) is 0 Å². The zero-order chi connectivity index (χ0) is 13.8. The van der Waals surface area contributed by atoms with E-state index in [1.165, 1.54) is 0 Å². The molecule has 0 aromatic heterocycles. The summed E-state index contributed by atoms with van der Waals surface area (Å²) in [6.45, 7) is 3.08. The van der Waals surface area contributed by atoms with Crippen molar-refractivity contribution < 1.29 is 24.1 Å². The molecule has 1 aromatic rings. The van der Waals surface area contributed by atoms with Crippen LogP contribution in [-0.4, -0.2) is 51.9 Å². The summed E-state index contributed by atoms with van der Waals surface area (Å²) >= 11 is 0. The van der Waals surface area contributed by atoms with Gasteiger partial charge in [0.1, 0.15) is 5.75 Å². The molecule has 19 heavy (non-hydrogen) atoms. The number of rotatable bonds is 11. The Kier molecular flexibility index (Phi) is 9.01. The van der Waals surface area contributed by atoms with Gasteiger partial charge in [-0.25, -0.2) is 0 Å². The Morgan fingerprint density at radius 2 is 1.42 bits per heavy atom. The van der Waals surface area contributed by atoms with Crippen molar-refractivity contribution >= 4 is 0 Å². The highest BCUT2D eigenvalue weighted by Crippen LogP contribution is 2.11. The highest BCUT2D eigenvalue weighted by atomic mass is 16.5. The van der Waals surface area contributed by atoms with Crippen molar-refractivity contribution in [1.82, 2.24) is 0 Å². The molecule has 0 saturated carbocycles. The lowest BCUT2D eigenvalue weighted by Crippen LogP contribution is -2.10. The molecule has 0 spiro atoms. The van der Waals surface area contributed by atoms with Gasteiger partial charge in [0, 0.05) is 0 Å². The SMILES string of the molecule is COc1ccc(COCCOCCOCCO)cc1. The fraction of sp³-hybridized carbons (Fsp3) is 0.571. The van der Waals surface area contributed by atoms with Crippen LogP contribution in [0.2, 0.25) is 0 Å². The van der Waals surface area contributed by atoms with Gasteiger partial charge in [-0.05, 0) is 17.7 Å². The molecule has 0 fully saturated rings. The van der Waals surface area contributed by atoms with Gasteiger partial charge in [-0.15, -0.1) is 0 Å². The van der Waals surface area contributed by atoms with Crippen molar-refractivity contribution in [2.24, 2.45) is 0 Å². The van der Waals surface area contributed by atoms with Crippen molar-refractivity contribution in [3.63, 3.8) is 0 Å². The van der Waals surface area contributed by atoms with E-state index in [2.05, 4.69) is 0 Å². The van der Waals surface area contributed by atoms with Gasteiger partial charge in [0.2, 0.25) is 0 Å². The molecule has 108 valence electrons. The van der Waals surface area contributed by atoms with E-state index in [9.17, 15) is 0 Å². The number of ether oxygens (including phenoxy) is 4. The van der Waals surface area contributed by atoms with Gasteiger partial charge in [0.05, 0.1) is 53.4 Å². The maximum atomic E-state index is 8.49. The Hall–Kier alpha value is -1.14. The molecular formula is C14H22O5. The van der Waals surface area contributed by atoms with Crippen LogP contribution in [0, 0.1) is 0 Å². The maximum Gasteiger partial charge on any atom is 0.118 e. The minimum Gasteiger partial charge on any atom is -0.497 e.